The highest BCUT2D eigenvalue weighted by Crippen LogP contribution is 2.53. The van der Waals surface area contributed by atoms with E-state index in [1.165, 1.54) is 0 Å². The summed E-state index contributed by atoms with van der Waals surface area (Å²) in [6, 6.07) is 0. The molecule has 1 saturated heterocycles. The molecule has 0 radical (unpaired) electrons. The first-order chi connectivity index (χ1) is 8.05. The smallest absolute Gasteiger partial charge is 0.410 e. The summed E-state index contributed by atoms with van der Waals surface area (Å²) in [5.41, 5.74) is 6.02. The number of carbonyl (C=O) groups is 1. The van der Waals surface area contributed by atoms with Gasteiger partial charge in [-0.05, 0) is 39.0 Å². The Morgan fingerprint density at radius 1 is 1.22 bits per heavy atom. The Morgan fingerprint density at radius 2 is 1.72 bits per heavy atom. The number of carbonyl (C=O) groups excluding carboxylic acids is 1. The third kappa shape index (κ3) is 2.35. The van der Waals surface area contributed by atoms with E-state index in [1.54, 1.807) is 4.90 Å². The van der Waals surface area contributed by atoms with Gasteiger partial charge in [0.1, 0.15) is 5.60 Å². The van der Waals surface area contributed by atoms with Crippen molar-refractivity contribution in [2.24, 2.45) is 17.1 Å². The van der Waals surface area contributed by atoms with Gasteiger partial charge in [0, 0.05) is 24.5 Å². The second kappa shape index (κ2) is 3.86. The molecule has 2 aliphatic rings. The molecule has 0 atom stereocenters. The maximum absolute atomic E-state index is 11.9. The summed E-state index contributed by atoms with van der Waals surface area (Å²) >= 11 is 0. The molecule has 1 heterocycles. The van der Waals surface area contributed by atoms with Crippen LogP contribution in [0.15, 0.2) is 0 Å². The van der Waals surface area contributed by atoms with E-state index >= 15 is 0 Å². The lowest BCUT2D eigenvalue weighted by Gasteiger charge is -2.50. The molecule has 0 aromatic rings. The monoisotopic (exact) mass is 254 g/mol. The minimum absolute atomic E-state index is 0.00229. The van der Waals surface area contributed by atoms with E-state index in [0.29, 0.717) is 5.92 Å². The third-order valence-corrected chi connectivity index (χ3v) is 4.63. The van der Waals surface area contributed by atoms with Crippen LogP contribution in [0.5, 0.6) is 0 Å². The van der Waals surface area contributed by atoms with Gasteiger partial charge in [0.15, 0.2) is 0 Å². The average Bonchev–Trinajstić information content (AvgIpc) is 2.77. The van der Waals surface area contributed by atoms with Crippen molar-refractivity contribution in [1.29, 1.82) is 0 Å². The Balaban J connectivity index is 1.85. The zero-order valence-electron chi connectivity index (χ0n) is 12.2. The molecule has 4 heteroatoms. The summed E-state index contributed by atoms with van der Waals surface area (Å²) < 4.78 is 5.36. The predicted octanol–water partition coefficient (Wildman–Crippen LogP) is 2.37. The molecule has 104 valence electrons. The first-order valence-electron chi connectivity index (χ1n) is 6.82. The van der Waals surface area contributed by atoms with E-state index in [9.17, 15) is 4.79 Å². The topological polar surface area (TPSA) is 55.6 Å². The summed E-state index contributed by atoms with van der Waals surface area (Å²) in [6.45, 7) is 11.7. The molecule has 0 spiro atoms. The summed E-state index contributed by atoms with van der Waals surface area (Å²) in [5, 5.41) is 0. The van der Waals surface area contributed by atoms with Crippen molar-refractivity contribution in [3.05, 3.63) is 0 Å². The fourth-order valence-corrected chi connectivity index (χ4v) is 2.60. The molecule has 0 aromatic carbocycles. The van der Waals surface area contributed by atoms with Crippen molar-refractivity contribution >= 4 is 6.09 Å². The Kier molecular flexibility index (Phi) is 2.93. The maximum Gasteiger partial charge on any atom is 0.410 e. The van der Waals surface area contributed by atoms with Crippen LogP contribution < -0.4 is 5.73 Å². The normalized spacial score (nSPS) is 23.6. The van der Waals surface area contributed by atoms with Crippen molar-refractivity contribution < 1.29 is 9.53 Å². The van der Waals surface area contributed by atoms with Gasteiger partial charge in [-0.25, -0.2) is 4.79 Å². The lowest BCUT2D eigenvalue weighted by Crippen LogP contribution is -2.60. The lowest BCUT2D eigenvalue weighted by molar-refractivity contribution is -0.0329. The molecule has 18 heavy (non-hydrogen) atoms. The highest BCUT2D eigenvalue weighted by atomic mass is 16.6. The summed E-state index contributed by atoms with van der Waals surface area (Å²) in [7, 11) is 0. The number of hydrogen-bond acceptors (Lipinski definition) is 3. The van der Waals surface area contributed by atoms with Gasteiger partial charge >= 0.3 is 6.09 Å². The van der Waals surface area contributed by atoms with Crippen molar-refractivity contribution in [2.45, 2.75) is 58.6 Å². The Morgan fingerprint density at radius 3 is 2.11 bits per heavy atom. The van der Waals surface area contributed by atoms with Crippen LogP contribution in [-0.4, -0.2) is 35.2 Å². The molecule has 2 rings (SSSR count). The number of likely N-dealkylation sites (tertiary alicyclic amines) is 1. The third-order valence-electron chi connectivity index (χ3n) is 4.63. The Labute approximate surface area is 110 Å². The van der Waals surface area contributed by atoms with Crippen LogP contribution in [0.3, 0.4) is 0 Å². The average molecular weight is 254 g/mol. The van der Waals surface area contributed by atoms with Crippen LogP contribution in [-0.2, 0) is 4.74 Å². The number of nitrogens with two attached hydrogens (primary N) is 1. The molecular formula is C14H26N2O2. The van der Waals surface area contributed by atoms with Crippen LogP contribution in [0.2, 0.25) is 0 Å². The number of hydrogen-bond donors (Lipinski definition) is 1. The standard InChI is InChI=1S/C14H26N2O2/c1-12(2,3)18-11(17)16-8-10(9-16)13(4,5)14(15)6-7-14/h10H,6-9,15H2,1-5H3. The molecule has 1 aliphatic carbocycles. The molecule has 1 aliphatic heterocycles. The molecular weight excluding hydrogens is 228 g/mol. The number of amides is 1. The van der Waals surface area contributed by atoms with Crippen LogP contribution in [0.4, 0.5) is 4.79 Å². The van der Waals surface area contributed by atoms with Gasteiger partial charge in [0.25, 0.3) is 0 Å². The van der Waals surface area contributed by atoms with E-state index in [4.69, 9.17) is 10.5 Å². The van der Waals surface area contributed by atoms with Crippen LogP contribution in [0.1, 0.15) is 47.5 Å². The molecule has 1 amide bonds. The van der Waals surface area contributed by atoms with Crippen LogP contribution in [0.25, 0.3) is 0 Å². The van der Waals surface area contributed by atoms with Gasteiger partial charge in [-0.3, -0.25) is 0 Å². The summed E-state index contributed by atoms with van der Waals surface area (Å²) in [6.07, 6.45) is 2.03. The summed E-state index contributed by atoms with van der Waals surface area (Å²) in [4.78, 5) is 13.6. The van der Waals surface area contributed by atoms with Gasteiger partial charge in [-0.1, -0.05) is 13.8 Å². The first-order valence-corrected chi connectivity index (χ1v) is 6.82. The SMILES string of the molecule is CC(C)(C)OC(=O)N1CC(C(C)(C)C2(N)CC2)C1. The van der Waals surface area contributed by atoms with E-state index in [-0.39, 0.29) is 17.0 Å². The van der Waals surface area contributed by atoms with Gasteiger partial charge in [-0.15, -0.1) is 0 Å². The minimum Gasteiger partial charge on any atom is -0.444 e. The van der Waals surface area contributed by atoms with Crippen LogP contribution in [0, 0.1) is 11.3 Å². The predicted molar refractivity (Wildman–Crippen MR) is 71.2 cm³/mol. The van der Waals surface area contributed by atoms with E-state index in [1.807, 2.05) is 20.8 Å². The van der Waals surface area contributed by atoms with Crippen molar-refractivity contribution in [3.63, 3.8) is 0 Å². The van der Waals surface area contributed by atoms with Crippen LogP contribution >= 0.6 is 0 Å². The molecule has 0 bridgehead atoms. The lowest BCUT2D eigenvalue weighted by atomic mass is 9.68. The fraction of sp³-hybridized carbons (Fsp3) is 0.929. The molecule has 1 saturated carbocycles. The fourth-order valence-electron chi connectivity index (χ4n) is 2.60. The Hall–Kier alpha value is -0.770. The largest absolute Gasteiger partial charge is 0.444 e. The molecule has 4 nitrogen and oxygen atoms in total. The quantitative estimate of drug-likeness (QED) is 0.823. The summed E-state index contributed by atoms with van der Waals surface area (Å²) in [5.74, 6) is 0.498. The molecule has 2 fully saturated rings. The molecule has 2 N–H and O–H groups in total. The van der Waals surface area contributed by atoms with E-state index in [0.717, 1.165) is 25.9 Å². The van der Waals surface area contributed by atoms with Crippen molar-refractivity contribution in [3.8, 4) is 0 Å². The highest BCUT2D eigenvalue weighted by molar-refractivity contribution is 5.69. The van der Waals surface area contributed by atoms with E-state index < -0.39 is 5.60 Å². The first kappa shape index (κ1) is 13.7. The number of ether oxygens (including phenoxy) is 1. The van der Waals surface area contributed by atoms with Gasteiger partial charge in [-0.2, -0.15) is 0 Å². The number of nitrogens with zero attached hydrogens (tertiary/aromatic N) is 1. The van der Waals surface area contributed by atoms with E-state index in [2.05, 4.69) is 13.8 Å². The van der Waals surface area contributed by atoms with Gasteiger partial charge in [0.2, 0.25) is 0 Å². The second-order valence-corrected chi connectivity index (χ2v) is 7.46. The van der Waals surface area contributed by atoms with Crippen molar-refractivity contribution in [1.82, 2.24) is 4.90 Å². The molecule has 0 aromatic heterocycles. The Bertz CT molecular complexity index is 347. The number of rotatable bonds is 2. The minimum atomic E-state index is -0.413. The molecule has 0 unspecified atom stereocenters. The highest BCUT2D eigenvalue weighted by Gasteiger charge is 2.57. The zero-order valence-corrected chi connectivity index (χ0v) is 12.2. The zero-order chi connectivity index (χ0) is 13.8. The van der Waals surface area contributed by atoms with Gasteiger partial charge in [0.05, 0.1) is 0 Å². The maximum atomic E-state index is 11.9. The van der Waals surface area contributed by atoms with Gasteiger partial charge < -0.3 is 15.4 Å². The second-order valence-electron chi connectivity index (χ2n) is 7.46. The van der Waals surface area contributed by atoms with Crippen molar-refractivity contribution in [2.75, 3.05) is 13.1 Å².